The standard InChI is InChI=1S/C19H29N5O.HI/c1-3-24-11-5-6-15(24)13-23-19(20)21-10-9-14-12-22-16-7-4-8-17(25-2)18(14)16;/h4,7-8,12,15,22H,3,5-6,9-11,13H2,1-2H3,(H3,20,21,23);1H. The predicted molar refractivity (Wildman–Crippen MR) is 119 cm³/mol. The zero-order valence-electron chi connectivity index (χ0n) is 15.6. The minimum absolute atomic E-state index is 0. The molecular formula is C19H30IN5O. The summed E-state index contributed by atoms with van der Waals surface area (Å²) >= 11 is 0. The number of benzene rings is 1. The van der Waals surface area contributed by atoms with E-state index in [0.29, 0.717) is 12.0 Å². The molecule has 0 aliphatic carbocycles. The summed E-state index contributed by atoms with van der Waals surface area (Å²) < 4.78 is 5.48. The van der Waals surface area contributed by atoms with Crippen molar-refractivity contribution in [2.45, 2.75) is 32.2 Å². The molecule has 0 bridgehead atoms. The molecule has 144 valence electrons. The van der Waals surface area contributed by atoms with Gasteiger partial charge in [-0.2, -0.15) is 0 Å². The van der Waals surface area contributed by atoms with Crippen molar-refractivity contribution in [3.63, 3.8) is 0 Å². The van der Waals surface area contributed by atoms with Crippen LogP contribution in [0, 0.1) is 0 Å². The molecule has 1 fully saturated rings. The zero-order chi connectivity index (χ0) is 17.6. The van der Waals surface area contributed by atoms with Crippen molar-refractivity contribution in [1.82, 2.24) is 15.2 Å². The number of nitrogens with two attached hydrogens (primary N) is 1. The van der Waals surface area contributed by atoms with E-state index in [2.05, 4.69) is 33.2 Å². The van der Waals surface area contributed by atoms with Crippen LogP contribution in [0.25, 0.3) is 10.9 Å². The molecule has 0 spiro atoms. The fourth-order valence-corrected chi connectivity index (χ4v) is 3.69. The average Bonchev–Trinajstić information content (AvgIpc) is 3.26. The second-order valence-corrected chi connectivity index (χ2v) is 6.52. The highest BCUT2D eigenvalue weighted by molar-refractivity contribution is 14.0. The van der Waals surface area contributed by atoms with Gasteiger partial charge in [-0.1, -0.05) is 13.0 Å². The number of guanidine groups is 1. The molecule has 1 aliphatic rings. The Kier molecular flexibility index (Phi) is 8.02. The van der Waals surface area contributed by atoms with E-state index in [1.54, 1.807) is 7.11 Å². The zero-order valence-corrected chi connectivity index (χ0v) is 18.0. The molecule has 1 saturated heterocycles. The Morgan fingerprint density at radius 3 is 3.08 bits per heavy atom. The molecule has 1 atom stereocenters. The van der Waals surface area contributed by atoms with Crippen LogP contribution in [0.1, 0.15) is 25.3 Å². The lowest BCUT2D eigenvalue weighted by Crippen LogP contribution is -2.36. The van der Waals surface area contributed by atoms with E-state index < -0.39 is 0 Å². The highest BCUT2D eigenvalue weighted by Crippen LogP contribution is 2.28. The second kappa shape index (κ2) is 10.0. The van der Waals surface area contributed by atoms with Gasteiger partial charge in [0.25, 0.3) is 0 Å². The Labute approximate surface area is 172 Å². The summed E-state index contributed by atoms with van der Waals surface area (Å²) in [5.74, 6) is 1.44. The van der Waals surface area contributed by atoms with Crippen LogP contribution in [-0.4, -0.2) is 55.2 Å². The number of aromatic nitrogens is 1. The van der Waals surface area contributed by atoms with Gasteiger partial charge in [-0.05, 0) is 50.0 Å². The fraction of sp³-hybridized carbons (Fsp3) is 0.526. The molecule has 2 aromatic rings. The number of methoxy groups -OCH3 is 1. The lowest BCUT2D eigenvalue weighted by atomic mass is 10.1. The maximum atomic E-state index is 6.03. The summed E-state index contributed by atoms with van der Waals surface area (Å²) in [6, 6.07) is 6.59. The molecule has 0 amide bonds. The number of fused-ring (bicyclic) bond motifs is 1. The molecule has 3 rings (SSSR count). The maximum absolute atomic E-state index is 6.03. The summed E-state index contributed by atoms with van der Waals surface area (Å²) in [6.07, 6.45) is 5.39. The highest BCUT2D eigenvalue weighted by Gasteiger charge is 2.22. The minimum Gasteiger partial charge on any atom is -0.496 e. The van der Waals surface area contributed by atoms with Gasteiger partial charge in [-0.15, -0.1) is 24.0 Å². The molecular weight excluding hydrogens is 441 g/mol. The van der Waals surface area contributed by atoms with Crippen LogP contribution in [0.15, 0.2) is 29.4 Å². The summed E-state index contributed by atoms with van der Waals surface area (Å²) in [4.78, 5) is 10.3. The van der Waals surface area contributed by atoms with Gasteiger partial charge >= 0.3 is 0 Å². The topological polar surface area (TPSA) is 78.7 Å². The lowest BCUT2D eigenvalue weighted by molar-refractivity contribution is 0.273. The number of halogens is 1. The van der Waals surface area contributed by atoms with Gasteiger partial charge in [-0.25, -0.2) is 0 Å². The van der Waals surface area contributed by atoms with Crippen molar-refractivity contribution in [3.05, 3.63) is 30.0 Å². The van der Waals surface area contributed by atoms with Gasteiger partial charge < -0.3 is 20.8 Å². The number of nitrogens with zero attached hydrogens (tertiary/aromatic N) is 2. The van der Waals surface area contributed by atoms with Gasteiger partial charge in [0.05, 0.1) is 13.7 Å². The van der Waals surface area contributed by atoms with E-state index in [4.69, 9.17) is 10.5 Å². The van der Waals surface area contributed by atoms with Crippen LogP contribution in [0.5, 0.6) is 5.75 Å². The van der Waals surface area contributed by atoms with Crippen molar-refractivity contribution >= 4 is 40.8 Å². The van der Waals surface area contributed by atoms with E-state index in [1.165, 1.54) is 24.9 Å². The Bertz CT molecular complexity index is 730. The molecule has 26 heavy (non-hydrogen) atoms. The normalized spacial score (nSPS) is 18.1. The Morgan fingerprint density at radius 2 is 2.31 bits per heavy atom. The smallest absolute Gasteiger partial charge is 0.188 e. The largest absolute Gasteiger partial charge is 0.496 e. The molecule has 6 nitrogen and oxygen atoms in total. The molecule has 1 aromatic heterocycles. The molecule has 1 unspecified atom stereocenters. The third kappa shape index (κ3) is 4.82. The molecule has 0 radical (unpaired) electrons. The number of rotatable bonds is 7. The van der Waals surface area contributed by atoms with Crippen LogP contribution in [0.2, 0.25) is 0 Å². The number of ether oxygens (including phenoxy) is 1. The molecule has 2 heterocycles. The monoisotopic (exact) mass is 471 g/mol. The molecule has 1 aliphatic heterocycles. The number of hydrogen-bond donors (Lipinski definition) is 3. The van der Waals surface area contributed by atoms with Gasteiger partial charge in [-0.3, -0.25) is 9.89 Å². The number of hydrogen-bond acceptors (Lipinski definition) is 3. The number of nitrogens with one attached hydrogen (secondary N) is 2. The average molecular weight is 471 g/mol. The van der Waals surface area contributed by atoms with Gasteiger partial charge in [0.15, 0.2) is 5.96 Å². The summed E-state index contributed by atoms with van der Waals surface area (Å²) in [7, 11) is 1.71. The van der Waals surface area contributed by atoms with Gasteiger partial charge in [0.1, 0.15) is 5.75 Å². The minimum atomic E-state index is 0. The quantitative estimate of drug-likeness (QED) is 0.330. The third-order valence-corrected chi connectivity index (χ3v) is 5.05. The van der Waals surface area contributed by atoms with Crippen LogP contribution in [0.4, 0.5) is 0 Å². The van der Waals surface area contributed by atoms with E-state index in [0.717, 1.165) is 42.7 Å². The number of aromatic amines is 1. The summed E-state index contributed by atoms with van der Waals surface area (Å²) in [6.45, 7) is 6.03. The van der Waals surface area contributed by atoms with Gasteiger partial charge in [0, 0.05) is 29.7 Å². The summed E-state index contributed by atoms with van der Waals surface area (Å²) in [5.41, 5.74) is 8.35. The maximum Gasteiger partial charge on any atom is 0.188 e. The molecule has 7 heteroatoms. The van der Waals surface area contributed by atoms with E-state index in [9.17, 15) is 0 Å². The molecule has 4 N–H and O–H groups in total. The SMILES string of the molecule is CCN1CCCC1CN=C(N)NCCc1c[nH]c2cccc(OC)c12.I. The molecule has 0 saturated carbocycles. The fourth-order valence-electron chi connectivity index (χ4n) is 3.69. The first-order valence-corrected chi connectivity index (χ1v) is 9.13. The van der Waals surface area contributed by atoms with Crippen LogP contribution in [-0.2, 0) is 6.42 Å². The Hall–Kier alpha value is -1.48. The second-order valence-electron chi connectivity index (χ2n) is 6.52. The van der Waals surface area contributed by atoms with E-state index in [1.807, 2.05) is 18.3 Å². The summed E-state index contributed by atoms with van der Waals surface area (Å²) in [5, 5.41) is 4.38. The van der Waals surface area contributed by atoms with Crippen molar-refractivity contribution in [2.24, 2.45) is 10.7 Å². The lowest BCUT2D eigenvalue weighted by Gasteiger charge is -2.20. The van der Waals surface area contributed by atoms with Crippen molar-refractivity contribution in [2.75, 3.05) is 33.3 Å². The number of H-pyrrole nitrogens is 1. The first kappa shape index (κ1) is 20.8. The predicted octanol–water partition coefficient (Wildman–Crippen LogP) is 2.73. The third-order valence-electron chi connectivity index (χ3n) is 5.05. The van der Waals surface area contributed by atoms with Crippen LogP contribution >= 0.6 is 24.0 Å². The van der Waals surface area contributed by atoms with Crippen molar-refractivity contribution < 1.29 is 4.74 Å². The first-order valence-electron chi connectivity index (χ1n) is 9.13. The number of likely N-dealkylation sites (N-methyl/N-ethyl adjacent to an activating group) is 1. The van der Waals surface area contributed by atoms with Gasteiger partial charge in [0.2, 0.25) is 0 Å². The Balaban J connectivity index is 0.00000243. The van der Waals surface area contributed by atoms with Crippen molar-refractivity contribution in [3.8, 4) is 5.75 Å². The first-order chi connectivity index (χ1) is 12.2. The number of likely N-dealkylation sites (tertiary alicyclic amines) is 1. The van der Waals surface area contributed by atoms with Crippen LogP contribution < -0.4 is 15.8 Å². The molecule has 1 aromatic carbocycles. The highest BCUT2D eigenvalue weighted by atomic mass is 127. The van der Waals surface area contributed by atoms with Crippen molar-refractivity contribution in [1.29, 1.82) is 0 Å². The van der Waals surface area contributed by atoms with Crippen LogP contribution in [0.3, 0.4) is 0 Å². The van der Waals surface area contributed by atoms with E-state index in [-0.39, 0.29) is 24.0 Å². The number of aliphatic imine (C=N–C) groups is 1. The van der Waals surface area contributed by atoms with E-state index >= 15 is 0 Å². The Morgan fingerprint density at radius 1 is 1.46 bits per heavy atom.